The van der Waals surface area contributed by atoms with Gasteiger partial charge in [-0.2, -0.15) is 0 Å². The van der Waals surface area contributed by atoms with Crippen LogP contribution in [0, 0.1) is 5.92 Å². The number of alkyl halides is 1. The van der Waals surface area contributed by atoms with E-state index in [0.717, 1.165) is 6.42 Å². The molecule has 0 aromatic heterocycles. The van der Waals surface area contributed by atoms with Crippen LogP contribution in [0.25, 0.3) is 0 Å². The van der Waals surface area contributed by atoms with E-state index in [0.29, 0.717) is 32.0 Å². The van der Waals surface area contributed by atoms with E-state index in [-0.39, 0.29) is 30.4 Å². The van der Waals surface area contributed by atoms with Gasteiger partial charge in [-0.3, -0.25) is 14.9 Å². The van der Waals surface area contributed by atoms with Crippen LogP contribution in [0.15, 0.2) is 0 Å². The van der Waals surface area contributed by atoms with E-state index in [9.17, 15) is 14.0 Å². The van der Waals surface area contributed by atoms with Gasteiger partial charge in [0, 0.05) is 19.5 Å². The predicted octanol–water partition coefficient (Wildman–Crippen LogP) is 0.783. The Balaban J connectivity index is 0.00000200. The van der Waals surface area contributed by atoms with Gasteiger partial charge in [-0.15, -0.1) is 12.4 Å². The van der Waals surface area contributed by atoms with Crippen LogP contribution in [-0.2, 0) is 9.59 Å². The number of nitrogens with one attached hydrogen (secondary N) is 1. The molecule has 2 aliphatic heterocycles. The minimum Gasteiger partial charge on any atom is -0.337 e. The Labute approximate surface area is 125 Å². The van der Waals surface area contributed by atoms with Crippen LogP contribution in [0.3, 0.4) is 0 Å². The summed E-state index contributed by atoms with van der Waals surface area (Å²) in [6.45, 7) is 5.03. The normalized spacial score (nSPS) is 27.9. The zero-order chi connectivity index (χ0) is 14.0. The number of hydrogen-bond acceptors (Lipinski definition) is 3. The Morgan fingerprint density at radius 1 is 1.45 bits per heavy atom. The molecule has 0 bridgehead atoms. The maximum atomic E-state index is 13.2. The quantitative estimate of drug-likeness (QED) is 0.835. The second kappa shape index (κ2) is 7.22. The van der Waals surface area contributed by atoms with Crippen molar-refractivity contribution in [3.8, 4) is 0 Å². The van der Waals surface area contributed by atoms with E-state index in [1.807, 2.05) is 0 Å². The van der Waals surface area contributed by atoms with Gasteiger partial charge in [0.25, 0.3) is 0 Å². The number of piperazine rings is 1. The smallest absolute Gasteiger partial charge is 0.248 e. The maximum absolute atomic E-state index is 13.2. The topological polar surface area (TPSA) is 52.7 Å². The molecule has 0 radical (unpaired) electrons. The van der Waals surface area contributed by atoms with Gasteiger partial charge in [0.15, 0.2) is 0 Å². The molecular formula is C13H23ClFN3O2. The van der Waals surface area contributed by atoms with E-state index in [4.69, 9.17) is 0 Å². The van der Waals surface area contributed by atoms with E-state index in [1.54, 1.807) is 4.90 Å². The highest BCUT2D eigenvalue weighted by molar-refractivity contribution is 5.89. The first kappa shape index (κ1) is 17.2. The molecule has 2 amide bonds. The molecule has 3 atom stereocenters. The Kier molecular flexibility index (Phi) is 6.20. The van der Waals surface area contributed by atoms with Gasteiger partial charge >= 0.3 is 0 Å². The van der Waals surface area contributed by atoms with E-state index in [1.165, 1.54) is 4.90 Å². The molecule has 3 unspecified atom stereocenters. The highest BCUT2D eigenvalue weighted by Crippen LogP contribution is 2.21. The van der Waals surface area contributed by atoms with Crippen LogP contribution in [0.4, 0.5) is 4.39 Å². The van der Waals surface area contributed by atoms with Crippen LogP contribution < -0.4 is 5.32 Å². The van der Waals surface area contributed by atoms with Crippen molar-refractivity contribution in [2.24, 2.45) is 5.92 Å². The molecule has 0 spiro atoms. The summed E-state index contributed by atoms with van der Waals surface area (Å²) < 4.78 is 13.2. The molecule has 0 aromatic carbocycles. The minimum atomic E-state index is -0.942. The molecule has 20 heavy (non-hydrogen) atoms. The number of carbonyl (C=O) groups is 2. The number of hydrogen-bond donors (Lipinski definition) is 1. The molecular weight excluding hydrogens is 285 g/mol. The molecule has 0 aliphatic carbocycles. The number of nitrogens with zero attached hydrogens (tertiary/aromatic N) is 2. The number of rotatable bonds is 4. The summed E-state index contributed by atoms with van der Waals surface area (Å²) in [5, 5.41) is 3.20. The standard InChI is InChI=1S/C13H22FN3O2.ClH/c1-3-9(2)7-16-8-11-15-5-4-12(18)17(11)10(6-14)13(16)19;/h9-11,15H,3-8H2,1-2H3;1H. The monoisotopic (exact) mass is 307 g/mol. The highest BCUT2D eigenvalue weighted by Gasteiger charge is 2.44. The third kappa shape index (κ3) is 3.23. The summed E-state index contributed by atoms with van der Waals surface area (Å²) in [5.74, 6) is 0.00842. The van der Waals surface area contributed by atoms with Crippen LogP contribution in [0.2, 0.25) is 0 Å². The van der Waals surface area contributed by atoms with Crippen molar-refractivity contribution >= 4 is 24.2 Å². The van der Waals surface area contributed by atoms with Crippen molar-refractivity contribution in [2.45, 2.75) is 38.9 Å². The molecule has 0 saturated carbocycles. The summed E-state index contributed by atoms with van der Waals surface area (Å²) in [5.41, 5.74) is 0. The van der Waals surface area contributed by atoms with Crippen molar-refractivity contribution < 1.29 is 14.0 Å². The molecule has 7 heteroatoms. The first-order chi connectivity index (χ1) is 9.08. The van der Waals surface area contributed by atoms with Crippen LogP contribution >= 0.6 is 12.4 Å². The molecule has 5 nitrogen and oxygen atoms in total. The first-order valence-corrected chi connectivity index (χ1v) is 6.97. The van der Waals surface area contributed by atoms with E-state index in [2.05, 4.69) is 19.2 Å². The van der Waals surface area contributed by atoms with Crippen LogP contribution in [0.1, 0.15) is 26.7 Å². The average Bonchev–Trinajstić information content (AvgIpc) is 2.40. The Morgan fingerprint density at radius 3 is 2.75 bits per heavy atom. The first-order valence-electron chi connectivity index (χ1n) is 6.97. The number of halogens is 2. The predicted molar refractivity (Wildman–Crippen MR) is 76.3 cm³/mol. The number of amides is 2. The summed E-state index contributed by atoms with van der Waals surface area (Å²) in [7, 11) is 0. The van der Waals surface area contributed by atoms with Crippen molar-refractivity contribution in [3.05, 3.63) is 0 Å². The zero-order valence-electron chi connectivity index (χ0n) is 12.0. The van der Waals surface area contributed by atoms with E-state index < -0.39 is 12.7 Å². The highest BCUT2D eigenvalue weighted by atomic mass is 35.5. The molecule has 2 rings (SSSR count). The Hall–Kier alpha value is -0.880. The Morgan fingerprint density at radius 2 is 2.15 bits per heavy atom. The lowest BCUT2D eigenvalue weighted by molar-refractivity contribution is -0.161. The largest absolute Gasteiger partial charge is 0.337 e. The molecule has 2 heterocycles. The van der Waals surface area contributed by atoms with Gasteiger partial charge in [-0.1, -0.05) is 20.3 Å². The van der Waals surface area contributed by atoms with Gasteiger partial charge in [0.05, 0.1) is 6.54 Å². The molecule has 0 aromatic rings. The van der Waals surface area contributed by atoms with Crippen LogP contribution in [0.5, 0.6) is 0 Å². The second-order valence-corrected chi connectivity index (χ2v) is 5.45. The Bertz CT molecular complexity index is 370. The van der Waals surface area contributed by atoms with Crippen molar-refractivity contribution in [1.82, 2.24) is 15.1 Å². The number of carbonyl (C=O) groups excluding carboxylic acids is 2. The summed E-state index contributed by atoms with van der Waals surface area (Å²) >= 11 is 0. The molecule has 2 saturated heterocycles. The van der Waals surface area contributed by atoms with Gasteiger partial charge in [-0.25, -0.2) is 4.39 Å². The van der Waals surface area contributed by atoms with Crippen molar-refractivity contribution in [2.75, 3.05) is 26.3 Å². The van der Waals surface area contributed by atoms with Gasteiger partial charge in [0.2, 0.25) is 11.8 Å². The number of fused-ring (bicyclic) bond motifs is 1. The van der Waals surface area contributed by atoms with E-state index >= 15 is 0 Å². The van der Waals surface area contributed by atoms with Crippen LogP contribution in [-0.4, -0.2) is 60.1 Å². The molecule has 1 N–H and O–H groups in total. The molecule has 2 fully saturated rings. The maximum Gasteiger partial charge on any atom is 0.248 e. The average molecular weight is 308 g/mol. The fraction of sp³-hybridized carbons (Fsp3) is 0.846. The SMILES string of the molecule is CCC(C)CN1CC2NCCC(=O)N2C(CF)C1=O.Cl. The van der Waals surface area contributed by atoms with Gasteiger partial charge in [0.1, 0.15) is 18.9 Å². The van der Waals surface area contributed by atoms with Crippen molar-refractivity contribution in [3.63, 3.8) is 0 Å². The lowest BCUT2D eigenvalue weighted by Crippen LogP contribution is -2.70. The summed E-state index contributed by atoms with van der Waals surface area (Å²) in [6, 6.07) is -0.942. The third-order valence-electron chi connectivity index (χ3n) is 4.04. The minimum absolute atomic E-state index is 0. The summed E-state index contributed by atoms with van der Waals surface area (Å²) in [4.78, 5) is 27.3. The fourth-order valence-corrected chi connectivity index (χ4v) is 2.73. The van der Waals surface area contributed by atoms with Gasteiger partial charge < -0.3 is 9.80 Å². The van der Waals surface area contributed by atoms with Crippen molar-refractivity contribution in [1.29, 1.82) is 0 Å². The summed E-state index contributed by atoms with van der Waals surface area (Å²) in [6.07, 6.45) is 1.08. The lowest BCUT2D eigenvalue weighted by Gasteiger charge is -2.48. The second-order valence-electron chi connectivity index (χ2n) is 5.45. The molecule has 2 aliphatic rings. The fourth-order valence-electron chi connectivity index (χ4n) is 2.73. The molecule has 116 valence electrons. The lowest BCUT2D eigenvalue weighted by atomic mass is 10.0. The van der Waals surface area contributed by atoms with Gasteiger partial charge in [-0.05, 0) is 5.92 Å². The third-order valence-corrected chi connectivity index (χ3v) is 4.04. The zero-order valence-corrected chi connectivity index (χ0v) is 12.8.